The maximum absolute atomic E-state index is 12.0. The van der Waals surface area contributed by atoms with Gasteiger partial charge in [-0.15, -0.1) is 0 Å². The molecule has 3 saturated heterocycles. The van der Waals surface area contributed by atoms with Crippen molar-refractivity contribution in [1.82, 2.24) is 14.7 Å². The lowest BCUT2D eigenvalue weighted by Gasteiger charge is -2.36. The fourth-order valence-corrected chi connectivity index (χ4v) is 3.92. The molecule has 3 heterocycles. The molecule has 128 valence electrons. The van der Waals surface area contributed by atoms with Crippen LogP contribution in [-0.2, 0) is 11.3 Å². The first kappa shape index (κ1) is 16.9. The van der Waals surface area contributed by atoms with E-state index in [0.717, 1.165) is 37.3 Å². The SMILES string of the molecule is CN(C)C(=O)CN1C[C@H]2CC[C@@H](C1)N(Cc1ccccc1C#N)C2. The molecule has 0 radical (unpaired) electrons. The zero-order chi connectivity index (χ0) is 17.1. The van der Waals surface area contributed by atoms with Gasteiger partial charge in [0.05, 0.1) is 18.2 Å². The third-order valence-corrected chi connectivity index (χ3v) is 5.27. The van der Waals surface area contributed by atoms with Crippen LogP contribution in [0.4, 0.5) is 0 Å². The highest BCUT2D eigenvalue weighted by atomic mass is 16.2. The molecule has 1 amide bonds. The number of hydrogen-bond donors (Lipinski definition) is 0. The van der Waals surface area contributed by atoms with Crippen molar-refractivity contribution in [2.24, 2.45) is 5.92 Å². The Labute approximate surface area is 144 Å². The lowest BCUT2D eigenvalue weighted by atomic mass is 9.94. The van der Waals surface area contributed by atoms with E-state index in [1.165, 1.54) is 12.8 Å². The summed E-state index contributed by atoms with van der Waals surface area (Å²) in [7, 11) is 3.64. The molecule has 1 aromatic rings. The van der Waals surface area contributed by atoms with E-state index >= 15 is 0 Å². The van der Waals surface area contributed by atoms with Crippen LogP contribution in [0.25, 0.3) is 0 Å². The minimum Gasteiger partial charge on any atom is -0.348 e. The van der Waals surface area contributed by atoms with Crippen LogP contribution in [0, 0.1) is 17.2 Å². The number of nitrogens with zero attached hydrogens (tertiary/aromatic N) is 4. The van der Waals surface area contributed by atoms with E-state index in [0.29, 0.717) is 18.5 Å². The minimum absolute atomic E-state index is 0.178. The maximum atomic E-state index is 12.0. The topological polar surface area (TPSA) is 50.6 Å². The van der Waals surface area contributed by atoms with Gasteiger partial charge in [0, 0.05) is 46.3 Å². The summed E-state index contributed by atoms with van der Waals surface area (Å²) in [5.41, 5.74) is 1.89. The number of amides is 1. The van der Waals surface area contributed by atoms with E-state index in [2.05, 4.69) is 21.9 Å². The van der Waals surface area contributed by atoms with Crippen LogP contribution < -0.4 is 0 Å². The van der Waals surface area contributed by atoms with Crippen molar-refractivity contribution in [2.75, 3.05) is 40.3 Å². The fraction of sp³-hybridized carbons (Fsp3) is 0.579. The quantitative estimate of drug-likeness (QED) is 0.842. The molecule has 2 bridgehead atoms. The maximum Gasteiger partial charge on any atom is 0.236 e. The van der Waals surface area contributed by atoms with Gasteiger partial charge >= 0.3 is 0 Å². The van der Waals surface area contributed by atoms with Gasteiger partial charge in [-0.2, -0.15) is 5.26 Å². The Kier molecular flexibility index (Phi) is 5.17. The van der Waals surface area contributed by atoms with Gasteiger partial charge in [-0.1, -0.05) is 18.2 Å². The minimum atomic E-state index is 0.178. The molecule has 5 heteroatoms. The molecular weight excluding hydrogens is 300 g/mol. The van der Waals surface area contributed by atoms with Crippen molar-refractivity contribution in [1.29, 1.82) is 5.26 Å². The molecule has 24 heavy (non-hydrogen) atoms. The monoisotopic (exact) mass is 326 g/mol. The van der Waals surface area contributed by atoms with Crippen LogP contribution in [-0.4, -0.2) is 66.9 Å². The largest absolute Gasteiger partial charge is 0.348 e. The van der Waals surface area contributed by atoms with Gasteiger partial charge in [0.15, 0.2) is 0 Å². The number of carbonyl (C=O) groups is 1. The summed E-state index contributed by atoms with van der Waals surface area (Å²) >= 11 is 0. The predicted molar refractivity (Wildman–Crippen MR) is 93.2 cm³/mol. The number of benzene rings is 1. The van der Waals surface area contributed by atoms with E-state index in [-0.39, 0.29) is 5.91 Å². The number of fused-ring (bicyclic) bond motifs is 4. The van der Waals surface area contributed by atoms with Gasteiger partial charge in [-0.3, -0.25) is 14.6 Å². The van der Waals surface area contributed by atoms with Gasteiger partial charge in [0.25, 0.3) is 0 Å². The zero-order valence-corrected chi connectivity index (χ0v) is 14.6. The fourth-order valence-electron chi connectivity index (χ4n) is 3.92. The highest BCUT2D eigenvalue weighted by Crippen LogP contribution is 2.29. The Bertz CT molecular complexity index is 636. The van der Waals surface area contributed by atoms with Crippen molar-refractivity contribution in [3.63, 3.8) is 0 Å². The molecule has 3 aliphatic heterocycles. The number of carbonyl (C=O) groups excluding carboxylic acids is 1. The van der Waals surface area contributed by atoms with Crippen LogP contribution in [0.3, 0.4) is 0 Å². The number of piperidine rings is 1. The molecule has 4 rings (SSSR count). The Morgan fingerprint density at radius 2 is 2.04 bits per heavy atom. The van der Waals surface area contributed by atoms with Crippen LogP contribution in [0.15, 0.2) is 24.3 Å². The van der Waals surface area contributed by atoms with Gasteiger partial charge in [-0.25, -0.2) is 0 Å². The second-order valence-corrected chi connectivity index (χ2v) is 7.28. The normalized spacial score (nSPS) is 24.4. The predicted octanol–water partition coefficient (Wildman–Crippen LogP) is 1.54. The van der Waals surface area contributed by atoms with E-state index in [1.807, 2.05) is 32.3 Å². The second kappa shape index (κ2) is 7.33. The van der Waals surface area contributed by atoms with E-state index in [1.54, 1.807) is 4.90 Å². The first-order valence-electron chi connectivity index (χ1n) is 8.71. The summed E-state index contributed by atoms with van der Waals surface area (Å²) in [6.07, 6.45) is 2.43. The summed E-state index contributed by atoms with van der Waals surface area (Å²) in [6.45, 7) is 4.37. The molecule has 3 fully saturated rings. The van der Waals surface area contributed by atoms with Crippen molar-refractivity contribution < 1.29 is 4.79 Å². The third kappa shape index (κ3) is 3.77. The summed E-state index contributed by atoms with van der Waals surface area (Å²) in [5, 5.41) is 9.31. The van der Waals surface area contributed by atoms with Gasteiger partial charge < -0.3 is 4.90 Å². The molecule has 0 N–H and O–H groups in total. The lowest BCUT2D eigenvalue weighted by Crippen LogP contribution is -2.44. The Hall–Kier alpha value is -1.90. The van der Waals surface area contributed by atoms with E-state index < -0.39 is 0 Å². The van der Waals surface area contributed by atoms with Crippen molar-refractivity contribution >= 4 is 5.91 Å². The molecule has 3 aliphatic rings. The average Bonchev–Trinajstić information content (AvgIpc) is 2.85. The number of nitriles is 1. The molecule has 0 unspecified atom stereocenters. The molecule has 5 nitrogen and oxygen atoms in total. The smallest absolute Gasteiger partial charge is 0.236 e. The molecule has 0 saturated carbocycles. The highest BCUT2D eigenvalue weighted by molar-refractivity contribution is 5.77. The summed E-state index contributed by atoms with van der Waals surface area (Å²) in [5.74, 6) is 0.797. The lowest BCUT2D eigenvalue weighted by molar-refractivity contribution is -0.130. The first-order chi connectivity index (χ1) is 11.6. The molecule has 0 spiro atoms. The Morgan fingerprint density at radius 1 is 1.25 bits per heavy atom. The molecule has 0 aromatic heterocycles. The molecule has 2 atom stereocenters. The first-order valence-corrected chi connectivity index (χ1v) is 8.71. The third-order valence-electron chi connectivity index (χ3n) is 5.27. The summed E-state index contributed by atoms with van der Waals surface area (Å²) in [6, 6.07) is 10.7. The molecule has 0 aliphatic carbocycles. The van der Waals surface area contributed by atoms with Gasteiger partial charge in [-0.05, 0) is 30.4 Å². The number of rotatable bonds is 4. The van der Waals surface area contributed by atoms with Crippen LogP contribution >= 0.6 is 0 Å². The Balaban J connectivity index is 1.69. The van der Waals surface area contributed by atoms with Crippen LogP contribution in [0.1, 0.15) is 24.0 Å². The van der Waals surface area contributed by atoms with Crippen LogP contribution in [0.2, 0.25) is 0 Å². The Morgan fingerprint density at radius 3 is 2.79 bits per heavy atom. The molecular formula is C19H26N4O. The number of likely N-dealkylation sites (N-methyl/N-ethyl adjacent to an activating group) is 1. The molecule has 1 aromatic carbocycles. The van der Waals surface area contributed by atoms with E-state index in [9.17, 15) is 10.1 Å². The van der Waals surface area contributed by atoms with E-state index in [4.69, 9.17) is 0 Å². The zero-order valence-electron chi connectivity index (χ0n) is 14.6. The standard InChI is InChI=1S/C19H26N4O/c1-21(2)19(24)14-22-10-15-7-8-18(13-22)23(11-15)12-17-6-4-3-5-16(17)9-20/h3-6,15,18H,7-8,10-14H2,1-2H3/t15-,18+/m1/s1. The summed E-state index contributed by atoms with van der Waals surface area (Å²) in [4.78, 5) is 18.6. The average molecular weight is 326 g/mol. The summed E-state index contributed by atoms with van der Waals surface area (Å²) < 4.78 is 0. The van der Waals surface area contributed by atoms with Gasteiger partial charge in [0.1, 0.15) is 0 Å². The van der Waals surface area contributed by atoms with Crippen molar-refractivity contribution in [2.45, 2.75) is 25.4 Å². The second-order valence-electron chi connectivity index (χ2n) is 7.28. The van der Waals surface area contributed by atoms with Gasteiger partial charge in [0.2, 0.25) is 5.91 Å². The highest BCUT2D eigenvalue weighted by Gasteiger charge is 2.35. The van der Waals surface area contributed by atoms with Crippen LogP contribution in [0.5, 0.6) is 0 Å². The van der Waals surface area contributed by atoms with Crippen molar-refractivity contribution in [3.05, 3.63) is 35.4 Å². The number of hydrogen-bond acceptors (Lipinski definition) is 4. The van der Waals surface area contributed by atoms with Crippen molar-refractivity contribution in [3.8, 4) is 6.07 Å².